The van der Waals surface area contributed by atoms with E-state index in [9.17, 15) is 9.59 Å². The highest BCUT2D eigenvalue weighted by atomic mass is 16.7. The minimum Gasteiger partial charge on any atom is -0.454 e. The van der Waals surface area contributed by atoms with Crippen molar-refractivity contribution in [3.63, 3.8) is 0 Å². The molecule has 2 aliphatic heterocycles. The third-order valence-corrected chi connectivity index (χ3v) is 5.08. The molecular formula is C22H25N3O4. The van der Waals surface area contributed by atoms with Gasteiger partial charge in [0.25, 0.3) is 0 Å². The van der Waals surface area contributed by atoms with Gasteiger partial charge in [0.1, 0.15) is 0 Å². The van der Waals surface area contributed by atoms with Crippen LogP contribution in [0.15, 0.2) is 48.5 Å². The number of hydrogen-bond donors (Lipinski definition) is 1. The zero-order valence-electron chi connectivity index (χ0n) is 16.3. The van der Waals surface area contributed by atoms with Gasteiger partial charge in [-0.15, -0.1) is 0 Å². The van der Waals surface area contributed by atoms with E-state index in [1.807, 2.05) is 36.4 Å². The Morgan fingerprint density at radius 3 is 2.59 bits per heavy atom. The second kappa shape index (κ2) is 8.26. The van der Waals surface area contributed by atoms with Crippen LogP contribution in [0.3, 0.4) is 0 Å². The number of ether oxygens (including phenoxy) is 2. The smallest absolute Gasteiger partial charge is 0.242 e. The zero-order chi connectivity index (χ0) is 20.2. The van der Waals surface area contributed by atoms with Gasteiger partial charge in [0, 0.05) is 31.6 Å². The first kappa shape index (κ1) is 18.9. The van der Waals surface area contributed by atoms with Gasteiger partial charge in [-0.1, -0.05) is 30.3 Å². The van der Waals surface area contributed by atoms with E-state index in [2.05, 4.69) is 17.1 Å². The topological polar surface area (TPSA) is 74.9 Å². The van der Waals surface area contributed by atoms with Crippen molar-refractivity contribution in [2.45, 2.75) is 13.0 Å². The SMILES string of the molecule is CN(C=O)CC(=O)N1CCc2c([nH]c3ccccc23)C1.[HH].c1ccc2c(c1)OCO2. The molecule has 0 radical (unpaired) electrons. The molecule has 0 unspecified atom stereocenters. The number of rotatable bonds is 3. The van der Waals surface area contributed by atoms with E-state index in [-0.39, 0.29) is 13.9 Å². The molecule has 0 fully saturated rings. The molecule has 0 saturated heterocycles. The van der Waals surface area contributed by atoms with E-state index >= 15 is 0 Å². The summed E-state index contributed by atoms with van der Waals surface area (Å²) in [6, 6.07) is 15.8. The lowest BCUT2D eigenvalue weighted by Gasteiger charge is -2.28. The average Bonchev–Trinajstić information content (AvgIpc) is 3.37. The highest BCUT2D eigenvalue weighted by Gasteiger charge is 2.24. The van der Waals surface area contributed by atoms with Crippen molar-refractivity contribution < 1.29 is 20.5 Å². The minimum absolute atomic E-state index is 0. The predicted octanol–water partition coefficient (Wildman–Crippen LogP) is 2.80. The van der Waals surface area contributed by atoms with Crippen LogP contribution in [0.25, 0.3) is 10.9 Å². The van der Waals surface area contributed by atoms with E-state index in [4.69, 9.17) is 9.47 Å². The van der Waals surface area contributed by atoms with Crippen molar-refractivity contribution in [2.24, 2.45) is 0 Å². The summed E-state index contributed by atoms with van der Waals surface area (Å²) in [4.78, 5) is 29.3. The Balaban J connectivity index is 0.000000214. The summed E-state index contributed by atoms with van der Waals surface area (Å²) in [5.41, 5.74) is 3.55. The van der Waals surface area contributed by atoms with Crippen LogP contribution < -0.4 is 9.47 Å². The molecule has 2 amide bonds. The second-order valence-corrected chi connectivity index (χ2v) is 7.07. The summed E-state index contributed by atoms with van der Waals surface area (Å²) >= 11 is 0. The molecule has 0 atom stereocenters. The third kappa shape index (κ3) is 4.03. The van der Waals surface area contributed by atoms with Crippen LogP contribution in [0.5, 0.6) is 11.5 Å². The van der Waals surface area contributed by atoms with Gasteiger partial charge >= 0.3 is 0 Å². The number of H-pyrrole nitrogens is 1. The maximum atomic E-state index is 12.1. The summed E-state index contributed by atoms with van der Waals surface area (Å²) in [5, 5.41) is 1.25. The number of benzene rings is 2. The van der Waals surface area contributed by atoms with Crippen LogP contribution in [0.1, 0.15) is 12.7 Å². The number of aromatic amines is 1. The molecule has 1 aromatic heterocycles. The minimum atomic E-state index is -0.0103. The molecule has 3 aromatic rings. The fraction of sp³-hybridized carbons (Fsp3) is 0.273. The predicted molar refractivity (Wildman–Crippen MR) is 111 cm³/mol. The molecule has 0 bridgehead atoms. The molecule has 7 nitrogen and oxygen atoms in total. The normalized spacial score (nSPS) is 14.0. The molecule has 5 rings (SSSR count). The summed E-state index contributed by atoms with van der Waals surface area (Å²) in [6.07, 6.45) is 1.53. The Morgan fingerprint density at radius 2 is 1.86 bits per heavy atom. The first-order chi connectivity index (χ1) is 14.2. The molecule has 1 N–H and O–H groups in total. The maximum Gasteiger partial charge on any atom is 0.242 e. The number of nitrogens with zero attached hydrogens (tertiary/aromatic N) is 2. The highest BCUT2D eigenvalue weighted by Crippen LogP contribution is 2.30. The fourth-order valence-corrected chi connectivity index (χ4v) is 3.60. The van der Waals surface area contributed by atoms with Crippen LogP contribution in [0.4, 0.5) is 0 Å². The third-order valence-electron chi connectivity index (χ3n) is 5.08. The number of para-hydroxylation sites is 3. The van der Waals surface area contributed by atoms with Gasteiger partial charge in [0.05, 0.1) is 13.1 Å². The zero-order valence-corrected chi connectivity index (χ0v) is 16.3. The molecular weight excluding hydrogens is 370 g/mol. The van der Waals surface area contributed by atoms with Gasteiger partial charge in [0.15, 0.2) is 11.5 Å². The van der Waals surface area contributed by atoms with Crippen molar-refractivity contribution in [3.05, 3.63) is 59.8 Å². The number of nitrogens with one attached hydrogen (secondary N) is 1. The van der Waals surface area contributed by atoms with Gasteiger partial charge in [-0.2, -0.15) is 0 Å². The molecule has 0 saturated carbocycles. The number of amides is 2. The molecule has 7 heteroatoms. The fourth-order valence-electron chi connectivity index (χ4n) is 3.60. The number of aromatic nitrogens is 1. The molecule has 0 aliphatic carbocycles. The van der Waals surface area contributed by atoms with Crippen molar-refractivity contribution in [2.75, 3.05) is 26.9 Å². The van der Waals surface area contributed by atoms with Gasteiger partial charge in [-0.25, -0.2) is 0 Å². The Labute approximate surface area is 170 Å². The number of carbonyl (C=O) groups excluding carboxylic acids is 2. The standard InChI is InChI=1S/C15H17N3O2.C7H6O2.H2/c1-17(10-19)9-15(20)18-7-6-12-11-4-2-3-5-13(11)16-14(12)8-18;1-2-4-7-6(3-1)8-5-9-7;/h2-5,10,16H,6-9H2,1H3;1-4H,5H2;1H. The highest BCUT2D eigenvalue weighted by molar-refractivity contribution is 5.86. The summed E-state index contributed by atoms with van der Waals surface area (Å²) in [5.74, 6) is 1.68. The van der Waals surface area contributed by atoms with Crippen LogP contribution in [0, 0.1) is 0 Å². The van der Waals surface area contributed by atoms with Gasteiger partial charge in [0.2, 0.25) is 19.1 Å². The lowest BCUT2D eigenvalue weighted by molar-refractivity contribution is -0.135. The first-order valence-electron chi connectivity index (χ1n) is 9.52. The number of fused-ring (bicyclic) bond motifs is 4. The van der Waals surface area contributed by atoms with Crippen molar-refractivity contribution in [3.8, 4) is 11.5 Å². The molecule has 3 heterocycles. The molecule has 0 spiro atoms. The number of hydrogen-bond acceptors (Lipinski definition) is 4. The van der Waals surface area contributed by atoms with Crippen molar-refractivity contribution in [1.82, 2.24) is 14.8 Å². The van der Waals surface area contributed by atoms with E-state index in [0.29, 0.717) is 26.3 Å². The van der Waals surface area contributed by atoms with Gasteiger partial charge in [-0.05, 0) is 30.2 Å². The Hall–Kier alpha value is -3.48. The van der Waals surface area contributed by atoms with Crippen LogP contribution in [-0.4, -0.2) is 54.0 Å². The monoisotopic (exact) mass is 395 g/mol. The maximum absolute atomic E-state index is 12.1. The van der Waals surface area contributed by atoms with Gasteiger partial charge < -0.3 is 24.3 Å². The van der Waals surface area contributed by atoms with E-state index in [0.717, 1.165) is 29.1 Å². The number of likely N-dealkylation sites (N-methyl/N-ethyl adjacent to an activating group) is 1. The van der Waals surface area contributed by atoms with Crippen LogP contribution in [0.2, 0.25) is 0 Å². The van der Waals surface area contributed by atoms with Crippen molar-refractivity contribution in [1.29, 1.82) is 0 Å². The largest absolute Gasteiger partial charge is 0.454 e. The Bertz CT molecular complexity index is 1010. The first-order valence-corrected chi connectivity index (χ1v) is 9.52. The van der Waals surface area contributed by atoms with E-state index in [1.54, 1.807) is 11.9 Å². The quantitative estimate of drug-likeness (QED) is 0.692. The summed E-state index contributed by atoms with van der Waals surface area (Å²) in [7, 11) is 1.61. The molecule has 2 aromatic carbocycles. The lowest BCUT2D eigenvalue weighted by Crippen LogP contribution is -2.41. The van der Waals surface area contributed by atoms with Crippen LogP contribution in [-0.2, 0) is 22.6 Å². The van der Waals surface area contributed by atoms with Gasteiger partial charge in [-0.3, -0.25) is 9.59 Å². The summed E-state index contributed by atoms with van der Waals surface area (Å²) in [6.45, 7) is 1.80. The van der Waals surface area contributed by atoms with E-state index in [1.165, 1.54) is 15.8 Å². The Morgan fingerprint density at radius 1 is 1.17 bits per heavy atom. The molecule has 2 aliphatic rings. The van der Waals surface area contributed by atoms with Crippen LogP contribution >= 0.6 is 0 Å². The molecule has 29 heavy (non-hydrogen) atoms. The second-order valence-electron chi connectivity index (χ2n) is 7.07. The average molecular weight is 395 g/mol. The van der Waals surface area contributed by atoms with E-state index < -0.39 is 0 Å². The Kier molecular flexibility index (Phi) is 5.37. The number of carbonyl (C=O) groups is 2. The summed E-state index contributed by atoms with van der Waals surface area (Å²) < 4.78 is 10.2. The van der Waals surface area contributed by atoms with Crippen molar-refractivity contribution >= 4 is 23.2 Å². The lowest BCUT2D eigenvalue weighted by atomic mass is 10.0. The molecule has 152 valence electrons.